The number of aromatic nitrogens is 1. The first-order valence-corrected chi connectivity index (χ1v) is 14.8. The van der Waals surface area contributed by atoms with E-state index in [-0.39, 0.29) is 11.8 Å². The zero-order valence-corrected chi connectivity index (χ0v) is 24.4. The zero-order chi connectivity index (χ0) is 29.9. The minimum Gasteiger partial charge on any atom is -0.308 e. The Hall–Kier alpha value is -5.74. The summed E-state index contributed by atoms with van der Waals surface area (Å²) in [7, 11) is 0. The second kappa shape index (κ2) is 9.92. The van der Waals surface area contributed by atoms with E-state index in [0.29, 0.717) is 22.5 Å². The Morgan fingerprint density at radius 3 is 2.02 bits per heavy atom. The number of rotatable bonds is 4. The van der Waals surface area contributed by atoms with Gasteiger partial charge in [-0.3, -0.25) is 9.59 Å². The van der Waals surface area contributed by atoms with E-state index >= 15 is 0 Å². The number of carbonyl (C=O) groups is 2. The van der Waals surface area contributed by atoms with Gasteiger partial charge in [0, 0.05) is 16.3 Å². The molecule has 1 aromatic heterocycles. The third kappa shape index (κ3) is 3.85. The van der Waals surface area contributed by atoms with E-state index in [4.69, 9.17) is 0 Å². The normalized spacial score (nSPS) is 12.8. The number of benzene rings is 6. The lowest BCUT2D eigenvalue weighted by Gasteiger charge is -2.18. The topological polar surface area (TPSA) is 42.3 Å². The number of hydrogen-bond donors (Lipinski definition) is 0. The third-order valence-electron chi connectivity index (χ3n) is 8.73. The molecule has 0 N–H and O–H groups in total. The van der Waals surface area contributed by atoms with Crippen LogP contribution in [0.3, 0.4) is 0 Å². The second-order valence-corrected chi connectivity index (χ2v) is 11.4. The molecule has 4 nitrogen and oxygen atoms in total. The van der Waals surface area contributed by atoms with Gasteiger partial charge in [-0.15, -0.1) is 0 Å². The number of hydrogen-bond acceptors (Lipinski definition) is 2. The fourth-order valence-corrected chi connectivity index (χ4v) is 6.74. The number of nitrogens with zero attached hydrogens (tertiary/aromatic N) is 2. The first-order valence-electron chi connectivity index (χ1n) is 14.8. The smallest absolute Gasteiger partial charge is 0.268 e. The molecule has 2 amide bonds. The minimum absolute atomic E-state index is 0.313. The molecule has 0 saturated heterocycles. The molecular weight excluding hydrogens is 540 g/mol. The summed E-state index contributed by atoms with van der Waals surface area (Å²) in [6.45, 7) is 4.24. The summed E-state index contributed by atoms with van der Waals surface area (Å²) in [6, 6.07) is 44.4. The van der Waals surface area contributed by atoms with Crippen molar-refractivity contribution < 1.29 is 9.59 Å². The van der Waals surface area contributed by atoms with Gasteiger partial charge in [0.05, 0.1) is 33.5 Å². The highest BCUT2D eigenvalue weighted by molar-refractivity contribution is 6.36. The number of fused-ring (bicyclic) bond motifs is 4. The maximum atomic E-state index is 14.4. The Labute approximate surface area is 255 Å². The van der Waals surface area contributed by atoms with E-state index in [9.17, 15) is 9.59 Å². The summed E-state index contributed by atoms with van der Waals surface area (Å²) in [5.74, 6) is -0.632. The standard InChI is InChI=1S/C40H28N2O2/c1-25-19-21-29(26(2)23-25)28-20-22-32-31-14-7-9-17-35(31)41(37(32)24-28)36-18-10-15-33-38(36)40(44)42(39(33)43)34-16-8-6-13-30(34)27-11-4-3-5-12-27/h3-24H,1-2H3. The molecular formula is C40H28N2O2. The predicted octanol–water partition coefficient (Wildman–Crippen LogP) is 9.54. The van der Waals surface area contributed by atoms with Gasteiger partial charge in [-0.2, -0.15) is 0 Å². The fourth-order valence-electron chi connectivity index (χ4n) is 6.74. The van der Waals surface area contributed by atoms with E-state index in [0.717, 1.165) is 38.5 Å². The molecule has 2 heterocycles. The molecule has 210 valence electrons. The lowest BCUT2D eigenvalue weighted by Crippen LogP contribution is -2.30. The molecule has 0 radical (unpaired) electrons. The Morgan fingerprint density at radius 2 is 1.18 bits per heavy atom. The monoisotopic (exact) mass is 568 g/mol. The summed E-state index contributed by atoms with van der Waals surface area (Å²) in [4.78, 5) is 29.8. The highest BCUT2D eigenvalue weighted by atomic mass is 16.2. The largest absolute Gasteiger partial charge is 0.308 e. The Balaban J connectivity index is 1.35. The maximum Gasteiger partial charge on any atom is 0.268 e. The summed E-state index contributed by atoms with van der Waals surface area (Å²) in [5, 5.41) is 2.19. The molecule has 0 unspecified atom stereocenters. The van der Waals surface area contributed by atoms with E-state index in [1.165, 1.54) is 21.6 Å². The van der Waals surface area contributed by atoms with Crippen LogP contribution in [-0.2, 0) is 0 Å². The molecule has 0 bridgehead atoms. The molecule has 8 rings (SSSR count). The number of carbonyl (C=O) groups excluding carboxylic acids is 2. The van der Waals surface area contributed by atoms with Crippen LogP contribution in [0.15, 0.2) is 133 Å². The highest BCUT2D eigenvalue weighted by Gasteiger charge is 2.40. The van der Waals surface area contributed by atoms with Crippen LogP contribution in [-0.4, -0.2) is 16.4 Å². The SMILES string of the molecule is Cc1ccc(-c2ccc3c4ccccc4n(-c4cccc5c4C(=O)N(c4ccccc4-c4ccccc4)C5=O)c3c2)c(C)c1. The van der Waals surface area contributed by atoms with Gasteiger partial charge in [-0.25, -0.2) is 4.90 Å². The van der Waals surface area contributed by atoms with Crippen LogP contribution in [0.2, 0.25) is 0 Å². The van der Waals surface area contributed by atoms with Crippen molar-refractivity contribution in [2.24, 2.45) is 0 Å². The first-order chi connectivity index (χ1) is 21.5. The molecule has 1 aliphatic heterocycles. The summed E-state index contributed by atoms with van der Waals surface area (Å²) in [6.07, 6.45) is 0. The highest BCUT2D eigenvalue weighted by Crippen LogP contribution is 2.41. The second-order valence-electron chi connectivity index (χ2n) is 11.4. The lowest BCUT2D eigenvalue weighted by atomic mass is 9.97. The van der Waals surface area contributed by atoms with Crippen molar-refractivity contribution in [1.29, 1.82) is 0 Å². The number of imide groups is 1. The van der Waals surface area contributed by atoms with Crippen LogP contribution in [0.5, 0.6) is 0 Å². The summed E-state index contributed by atoms with van der Waals surface area (Å²) < 4.78 is 2.15. The number of amides is 2. The van der Waals surface area contributed by atoms with E-state index in [1.54, 1.807) is 6.07 Å². The van der Waals surface area contributed by atoms with Crippen LogP contribution in [0.25, 0.3) is 49.7 Å². The summed E-state index contributed by atoms with van der Waals surface area (Å²) in [5.41, 5.74) is 10.6. The zero-order valence-electron chi connectivity index (χ0n) is 24.4. The predicted molar refractivity (Wildman–Crippen MR) is 179 cm³/mol. The molecule has 0 aliphatic carbocycles. The van der Waals surface area contributed by atoms with Crippen LogP contribution in [0.1, 0.15) is 31.8 Å². The van der Waals surface area contributed by atoms with Gasteiger partial charge < -0.3 is 4.57 Å². The van der Waals surface area contributed by atoms with Gasteiger partial charge in [-0.05, 0) is 66.4 Å². The average Bonchev–Trinajstić information content (AvgIpc) is 3.51. The molecule has 44 heavy (non-hydrogen) atoms. The molecule has 4 heteroatoms. The van der Waals surface area contributed by atoms with Crippen molar-refractivity contribution in [2.45, 2.75) is 13.8 Å². The Bertz CT molecular complexity index is 2300. The minimum atomic E-state index is -0.319. The molecule has 0 saturated carbocycles. The average molecular weight is 569 g/mol. The maximum absolute atomic E-state index is 14.4. The van der Waals surface area contributed by atoms with Crippen LogP contribution >= 0.6 is 0 Å². The third-order valence-corrected chi connectivity index (χ3v) is 8.73. The Kier molecular flexibility index (Phi) is 5.85. The molecule has 0 fully saturated rings. The van der Waals surface area contributed by atoms with Gasteiger partial charge >= 0.3 is 0 Å². The van der Waals surface area contributed by atoms with E-state index < -0.39 is 0 Å². The van der Waals surface area contributed by atoms with Crippen molar-refractivity contribution in [2.75, 3.05) is 4.90 Å². The van der Waals surface area contributed by atoms with Crippen molar-refractivity contribution >= 4 is 39.3 Å². The molecule has 0 spiro atoms. The van der Waals surface area contributed by atoms with Gasteiger partial charge in [0.1, 0.15) is 0 Å². The molecule has 6 aromatic carbocycles. The number of aryl methyl sites for hydroxylation is 2. The molecule has 7 aromatic rings. The fraction of sp³-hybridized carbons (Fsp3) is 0.0500. The van der Waals surface area contributed by atoms with Crippen LogP contribution in [0.4, 0.5) is 5.69 Å². The van der Waals surface area contributed by atoms with Gasteiger partial charge in [-0.1, -0.05) is 109 Å². The van der Waals surface area contributed by atoms with Crippen LogP contribution < -0.4 is 4.90 Å². The van der Waals surface area contributed by atoms with E-state index in [1.807, 2.05) is 78.9 Å². The Morgan fingerprint density at radius 1 is 0.477 bits per heavy atom. The van der Waals surface area contributed by atoms with Crippen LogP contribution in [0, 0.1) is 13.8 Å². The summed E-state index contributed by atoms with van der Waals surface area (Å²) >= 11 is 0. The van der Waals surface area contributed by atoms with Gasteiger partial charge in [0.15, 0.2) is 0 Å². The molecule has 1 aliphatic rings. The quantitative estimate of drug-likeness (QED) is 0.198. The van der Waals surface area contributed by atoms with Crippen molar-refractivity contribution in [3.8, 4) is 27.9 Å². The van der Waals surface area contributed by atoms with E-state index in [2.05, 4.69) is 66.9 Å². The number of anilines is 1. The number of para-hydroxylation sites is 2. The van der Waals surface area contributed by atoms with Crippen molar-refractivity contribution in [1.82, 2.24) is 4.57 Å². The first kappa shape index (κ1) is 25.9. The van der Waals surface area contributed by atoms with Crippen molar-refractivity contribution in [3.63, 3.8) is 0 Å². The van der Waals surface area contributed by atoms with Gasteiger partial charge in [0.2, 0.25) is 0 Å². The van der Waals surface area contributed by atoms with Crippen molar-refractivity contribution in [3.05, 3.63) is 156 Å². The lowest BCUT2D eigenvalue weighted by molar-refractivity contribution is 0.0926. The van der Waals surface area contributed by atoms with Gasteiger partial charge in [0.25, 0.3) is 11.8 Å². The molecule has 0 atom stereocenters.